The van der Waals surface area contributed by atoms with Gasteiger partial charge in [0.2, 0.25) is 11.8 Å². The van der Waals surface area contributed by atoms with Gasteiger partial charge in [-0.2, -0.15) is 16.6 Å². The maximum atomic E-state index is 9.62. The van der Waals surface area contributed by atoms with Crippen molar-refractivity contribution in [3.8, 4) is 29.0 Å². The minimum Gasteiger partial charge on any atom is -0.497 e. The second-order valence-corrected chi connectivity index (χ2v) is 6.31. The van der Waals surface area contributed by atoms with Crippen molar-refractivity contribution in [2.45, 2.75) is 5.92 Å². The number of allylic oxidation sites excluding steroid dienone is 1. The number of hydrogen-bond donors (Lipinski definition) is 2. The molecule has 1 aliphatic rings. The van der Waals surface area contributed by atoms with Crippen LogP contribution < -0.4 is 15.2 Å². The van der Waals surface area contributed by atoms with Gasteiger partial charge >= 0.3 is 0 Å². The van der Waals surface area contributed by atoms with Crippen molar-refractivity contribution < 1.29 is 9.47 Å². The molecule has 0 bridgehead atoms. The van der Waals surface area contributed by atoms with E-state index in [1.165, 1.54) is 0 Å². The van der Waals surface area contributed by atoms with Gasteiger partial charge < -0.3 is 15.2 Å². The predicted octanol–water partition coefficient (Wildman–Crippen LogP) is 3.36. The summed E-state index contributed by atoms with van der Waals surface area (Å²) in [5, 5.41) is 20.9. The molecule has 0 spiro atoms. The minimum atomic E-state index is -0.319. The summed E-state index contributed by atoms with van der Waals surface area (Å²) in [6, 6.07) is 11.8. The Hall–Kier alpha value is -3.24. The number of thiophene rings is 1. The molecule has 0 aliphatic carbocycles. The molecule has 1 aromatic carbocycles. The minimum absolute atomic E-state index is 0.0925. The highest BCUT2D eigenvalue weighted by Gasteiger charge is 2.35. The van der Waals surface area contributed by atoms with Crippen molar-refractivity contribution in [2.75, 3.05) is 7.11 Å². The summed E-state index contributed by atoms with van der Waals surface area (Å²) >= 11 is 1.57. The van der Waals surface area contributed by atoms with Gasteiger partial charge in [0.1, 0.15) is 17.4 Å². The first-order valence-electron chi connectivity index (χ1n) is 7.55. The summed E-state index contributed by atoms with van der Waals surface area (Å²) in [6.45, 7) is 0. The second-order valence-electron chi connectivity index (χ2n) is 5.53. The van der Waals surface area contributed by atoms with Crippen LogP contribution in [-0.2, 0) is 0 Å². The van der Waals surface area contributed by atoms with Crippen LogP contribution in [0.1, 0.15) is 17.0 Å². The maximum Gasteiger partial charge on any atom is 0.244 e. The van der Waals surface area contributed by atoms with Gasteiger partial charge in [-0.3, -0.25) is 5.10 Å². The summed E-state index contributed by atoms with van der Waals surface area (Å²) in [5.41, 5.74) is 9.81. The van der Waals surface area contributed by atoms with Crippen LogP contribution >= 0.6 is 11.3 Å². The molecule has 3 aromatic rings. The van der Waals surface area contributed by atoms with Crippen molar-refractivity contribution in [1.82, 2.24) is 10.2 Å². The maximum absolute atomic E-state index is 9.62. The van der Waals surface area contributed by atoms with E-state index in [0.29, 0.717) is 11.5 Å². The fourth-order valence-electron chi connectivity index (χ4n) is 3.02. The molecule has 3 heterocycles. The summed E-state index contributed by atoms with van der Waals surface area (Å²) in [4.78, 5) is 0. The lowest BCUT2D eigenvalue weighted by Crippen LogP contribution is -2.20. The molecule has 0 saturated heterocycles. The molecule has 3 N–H and O–H groups in total. The molecule has 0 saturated carbocycles. The van der Waals surface area contributed by atoms with Crippen LogP contribution in [0.15, 0.2) is 52.5 Å². The highest BCUT2D eigenvalue weighted by atomic mass is 32.1. The zero-order valence-corrected chi connectivity index (χ0v) is 14.1. The van der Waals surface area contributed by atoms with Crippen molar-refractivity contribution >= 4 is 11.3 Å². The molecule has 25 heavy (non-hydrogen) atoms. The van der Waals surface area contributed by atoms with Crippen LogP contribution in [0.5, 0.6) is 11.6 Å². The topological polar surface area (TPSA) is 97.0 Å². The van der Waals surface area contributed by atoms with Gasteiger partial charge in [0.25, 0.3) is 0 Å². The Bertz CT molecular complexity index is 999. The summed E-state index contributed by atoms with van der Waals surface area (Å²) in [5.74, 6) is 0.903. The number of nitrogens with two attached hydrogens (primary N) is 1. The molecule has 0 fully saturated rings. The molecule has 0 unspecified atom stereocenters. The highest BCUT2D eigenvalue weighted by Crippen LogP contribution is 2.46. The van der Waals surface area contributed by atoms with Gasteiger partial charge in [-0.15, -0.1) is 5.10 Å². The largest absolute Gasteiger partial charge is 0.497 e. The number of H-pyrrole nitrogens is 1. The number of methoxy groups -OCH3 is 1. The highest BCUT2D eigenvalue weighted by molar-refractivity contribution is 7.08. The Morgan fingerprint density at radius 2 is 2.28 bits per heavy atom. The summed E-state index contributed by atoms with van der Waals surface area (Å²) in [7, 11) is 1.62. The molecule has 7 heteroatoms. The predicted molar refractivity (Wildman–Crippen MR) is 94.2 cm³/mol. The van der Waals surface area contributed by atoms with Crippen LogP contribution in [0.2, 0.25) is 0 Å². The van der Waals surface area contributed by atoms with Gasteiger partial charge in [0.15, 0.2) is 0 Å². The standard InChI is InChI=1S/C18H14N4O2S/c1-23-12-4-2-3-10(7-12)16-15-14(11-5-6-25-9-11)13(8-19)17(20)24-18(15)22-21-16/h2-7,9,14H,20H2,1H3,(H,21,22)/t14-/m0/s1. The molecule has 4 rings (SSSR count). The van der Waals surface area contributed by atoms with Gasteiger partial charge in [0, 0.05) is 5.56 Å². The number of hydrogen-bond acceptors (Lipinski definition) is 6. The average Bonchev–Trinajstić information content (AvgIpc) is 3.30. The molecule has 0 radical (unpaired) electrons. The average molecular weight is 350 g/mol. The fourth-order valence-corrected chi connectivity index (χ4v) is 3.70. The van der Waals surface area contributed by atoms with E-state index in [1.54, 1.807) is 18.4 Å². The lowest BCUT2D eigenvalue weighted by Gasteiger charge is -2.23. The lowest BCUT2D eigenvalue weighted by molar-refractivity contribution is 0.379. The molecular weight excluding hydrogens is 336 g/mol. The first-order valence-corrected chi connectivity index (χ1v) is 8.49. The van der Waals surface area contributed by atoms with Crippen LogP contribution in [0.25, 0.3) is 11.3 Å². The molecule has 1 aliphatic heterocycles. The van der Waals surface area contributed by atoms with E-state index in [-0.39, 0.29) is 11.8 Å². The zero-order valence-electron chi connectivity index (χ0n) is 13.3. The molecule has 1 atom stereocenters. The van der Waals surface area contributed by atoms with E-state index < -0.39 is 0 Å². The smallest absolute Gasteiger partial charge is 0.244 e. The van der Waals surface area contributed by atoms with Crippen molar-refractivity contribution in [1.29, 1.82) is 5.26 Å². The number of aromatic nitrogens is 2. The van der Waals surface area contributed by atoms with Crippen LogP contribution in [0.3, 0.4) is 0 Å². The van der Waals surface area contributed by atoms with E-state index >= 15 is 0 Å². The number of benzene rings is 1. The van der Waals surface area contributed by atoms with Gasteiger partial charge in [-0.05, 0) is 34.5 Å². The molecule has 124 valence electrons. The van der Waals surface area contributed by atoms with Gasteiger partial charge in [0.05, 0.1) is 24.3 Å². The van der Waals surface area contributed by atoms with Gasteiger partial charge in [-0.1, -0.05) is 12.1 Å². The fraction of sp³-hybridized carbons (Fsp3) is 0.111. The zero-order chi connectivity index (χ0) is 17.4. The number of aromatic amines is 1. The van der Waals surface area contributed by atoms with Crippen molar-refractivity contribution in [2.24, 2.45) is 5.73 Å². The van der Waals surface area contributed by atoms with Crippen LogP contribution in [-0.4, -0.2) is 17.3 Å². The summed E-state index contributed by atoms with van der Waals surface area (Å²) < 4.78 is 10.9. The molecule has 2 aromatic heterocycles. The Kier molecular flexibility index (Phi) is 3.67. The third-order valence-corrected chi connectivity index (χ3v) is 4.88. The molecule has 6 nitrogen and oxygen atoms in total. The monoisotopic (exact) mass is 350 g/mol. The number of fused-ring (bicyclic) bond motifs is 1. The molecule has 0 amide bonds. The van der Waals surface area contributed by atoms with E-state index in [0.717, 1.165) is 28.1 Å². The Balaban J connectivity index is 1.93. The van der Waals surface area contributed by atoms with E-state index in [1.807, 2.05) is 41.1 Å². The molecular formula is C18H14N4O2S. The van der Waals surface area contributed by atoms with Crippen LogP contribution in [0, 0.1) is 11.3 Å². The first kappa shape index (κ1) is 15.3. The Morgan fingerprint density at radius 1 is 1.40 bits per heavy atom. The number of rotatable bonds is 3. The number of nitrogens with one attached hydrogen (secondary N) is 1. The normalized spacial score (nSPS) is 16.1. The third kappa shape index (κ3) is 2.44. The van der Waals surface area contributed by atoms with Crippen LogP contribution in [0.4, 0.5) is 0 Å². The number of nitrogens with zero attached hydrogens (tertiary/aromatic N) is 2. The van der Waals surface area contributed by atoms with Crippen molar-refractivity contribution in [3.05, 3.63) is 63.7 Å². The Morgan fingerprint density at radius 3 is 3.00 bits per heavy atom. The quantitative estimate of drug-likeness (QED) is 0.755. The van der Waals surface area contributed by atoms with Crippen molar-refractivity contribution in [3.63, 3.8) is 0 Å². The third-order valence-electron chi connectivity index (χ3n) is 4.17. The van der Waals surface area contributed by atoms with E-state index in [9.17, 15) is 5.26 Å². The summed E-state index contributed by atoms with van der Waals surface area (Å²) in [6.07, 6.45) is 0. The number of ether oxygens (including phenoxy) is 2. The van der Waals surface area contributed by atoms with E-state index in [2.05, 4.69) is 16.3 Å². The lowest BCUT2D eigenvalue weighted by atomic mass is 9.84. The first-order chi connectivity index (χ1) is 12.2. The Labute approximate surface area is 148 Å². The SMILES string of the molecule is COc1cccc(-c2[nH]nc3c2[C@@H](c2ccsc2)C(C#N)=C(N)O3)c1. The van der Waals surface area contributed by atoms with E-state index in [4.69, 9.17) is 15.2 Å². The number of nitriles is 1. The second kappa shape index (κ2) is 6.00. The van der Waals surface area contributed by atoms with Gasteiger partial charge in [-0.25, -0.2) is 0 Å².